The van der Waals surface area contributed by atoms with E-state index in [0.717, 1.165) is 18.4 Å². The highest BCUT2D eigenvalue weighted by Crippen LogP contribution is 2.31. The molecule has 19 heavy (non-hydrogen) atoms. The molecule has 1 aromatic carbocycles. The largest absolute Gasteiger partial charge is 0.316 e. The van der Waals surface area contributed by atoms with Gasteiger partial charge in [-0.1, -0.05) is 6.07 Å². The van der Waals surface area contributed by atoms with Crippen molar-refractivity contribution < 1.29 is 12.8 Å². The number of sulfonamides is 1. The van der Waals surface area contributed by atoms with Crippen LogP contribution in [0.5, 0.6) is 0 Å². The van der Waals surface area contributed by atoms with E-state index in [1.807, 2.05) is 0 Å². The number of halogens is 1. The molecule has 0 aliphatic heterocycles. The van der Waals surface area contributed by atoms with Gasteiger partial charge in [0.15, 0.2) is 0 Å². The number of hydrogen-bond donors (Lipinski definition) is 1. The third-order valence-corrected chi connectivity index (χ3v) is 5.13. The molecule has 1 aliphatic rings. The second kappa shape index (κ2) is 5.56. The smallest absolute Gasteiger partial charge is 0.245 e. The molecule has 1 aliphatic carbocycles. The van der Waals surface area contributed by atoms with Crippen LogP contribution in [0.4, 0.5) is 4.39 Å². The summed E-state index contributed by atoms with van der Waals surface area (Å²) in [5.41, 5.74) is 0.726. The van der Waals surface area contributed by atoms with Crippen LogP contribution >= 0.6 is 0 Å². The van der Waals surface area contributed by atoms with Crippen LogP contribution in [0.1, 0.15) is 18.4 Å². The Kier molecular flexibility index (Phi) is 4.23. The Morgan fingerprint density at radius 2 is 2.11 bits per heavy atom. The topological polar surface area (TPSA) is 49.4 Å². The van der Waals surface area contributed by atoms with Gasteiger partial charge in [0.25, 0.3) is 0 Å². The van der Waals surface area contributed by atoms with Crippen LogP contribution in [0.2, 0.25) is 0 Å². The molecule has 2 rings (SSSR count). The summed E-state index contributed by atoms with van der Waals surface area (Å²) in [4.78, 5) is -0.240. The van der Waals surface area contributed by atoms with Gasteiger partial charge in [0.1, 0.15) is 10.7 Å². The van der Waals surface area contributed by atoms with E-state index in [-0.39, 0.29) is 4.90 Å². The van der Waals surface area contributed by atoms with Crippen molar-refractivity contribution >= 4 is 10.0 Å². The molecule has 1 N–H and O–H groups in total. The fourth-order valence-corrected chi connectivity index (χ4v) is 3.29. The molecular weight excluding hydrogens is 267 g/mol. The molecule has 0 bridgehead atoms. The van der Waals surface area contributed by atoms with Crippen LogP contribution in [0.25, 0.3) is 0 Å². The molecule has 0 aromatic heterocycles. The summed E-state index contributed by atoms with van der Waals surface area (Å²) in [7, 11) is -0.454. The van der Waals surface area contributed by atoms with Crippen molar-refractivity contribution in [2.75, 3.05) is 20.6 Å². The maximum absolute atomic E-state index is 13.9. The minimum Gasteiger partial charge on any atom is -0.316 e. The first kappa shape index (κ1) is 14.4. The third-order valence-electron chi connectivity index (χ3n) is 3.28. The summed E-state index contributed by atoms with van der Waals surface area (Å²) in [5, 5.41) is 2.90. The molecule has 0 radical (unpaired) electrons. The van der Waals surface area contributed by atoms with Crippen LogP contribution in [-0.4, -0.2) is 33.4 Å². The fourth-order valence-electron chi connectivity index (χ4n) is 2.00. The summed E-state index contributed by atoms with van der Waals surface area (Å²) in [6, 6.07) is 4.26. The Morgan fingerprint density at radius 3 is 2.63 bits per heavy atom. The lowest BCUT2D eigenvalue weighted by atomic mass is 10.2. The second-order valence-corrected chi connectivity index (χ2v) is 7.04. The lowest BCUT2D eigenvalue weighted by Gasteiger charge is -2.17. The molecule has 106 valence electrons. The van der Waals surface area contributed by atoms with Crippen LogP contribution in [0.15, 0.2) is 23.1 Å². The average molecular weight is 286 g/mol. The summed E-state index contributed by atoms with van der Waals surface area (Å²) < 4.78 is 39.7. The SMILES string of the molecule is CNCc1ccc(S(=O)(=O)N(C)CC2CC2)c(F)c1. The molecule has 0 heterocycles. The Labute approximate surface area is 113 Å². The van der Waals surface area contributed by atoms with Gasteiger partial charge in [-0.3, -0.25) is 0 Å². The molecule has 4 nitrogen and oxygen atoms in total. The molecule has 0 amide bonds. The van der Waals surface area contributed by atoms with Crippen molar-refractivity contribution in [3.05, 3.63) is 29.6 Å². The van der Waals surface area contributed by atoms with E-state index in [1.165, 1.54) is 23.5 Å². The van der Waals surface area contributed by atoms with E-state index < -0.39 is 15.8 Å². The number of rotatable bonds is 6. The molecule has 1 aromatic rings. The maximum atomic E-state index is 13.9. The van der Waals surface area contributed by atoms with Gasteiger partial charge in [-0.2, -0.15) is 0 Å². The highest BCUT2D eigenvalue weighted by Gasteiger charge is 2.30. The Balaban J connectivity index is 2.23. The summed E-state index contributed by atoms with van der Waals surface area (Å²) >= 11 is 0. The quantitative estimate of drug-likeness (QED) is 0.863. The second-order valence-electron chi connectivity index (χ2n) is 5.02. The highest BCUT2D eigenvalue weighted by molar-refractivity contribution is 7.89. The van der Waals surface area contributed by atoms with Gasteiger partial charge in [0.05, 0.1) is 0 Å². The average Bonchev–Trinajstić information content (AvgIpc) is 3.13. The van der Waals surface area contributed by atoms with Crippen LogP contribution < -0.4 is 5.32 Å². The molecule has 0 atom stereocenters. The van der Waals surface area contributed by atoms with Gasteiger partial charge in [0.2, 0.25) is 10.0 Å². The van der Waals surface area contributed by atoms with Gasteiger partial charge in [-0.05, 0) is 43.5 Å². The molecule has 0 unspecified atom stereocenters. The third kappa shape index (κ3) is 3.32. The van der Waals surface area contributed by atoms with Crippen molar-refractivity contribution in [1.29, 1.82) is 0 Å². The Hall–Kier alpha value is -0.980. The van der Waals surface area contributed by atoms with Gasteiger partial charge in [0, 0.05) is 20.1 Å². The molecule has 0 spiro atoms. The zero-order valence-corrected chi connectivity index (χ0v) is 12.0. The fraction of sp³-hybridized carbons (Fsp3) is 0.538. The Morgan fingerprint density at radius 1 is 1.42 bits per heavy atom. The van der Waals surface area contributed by atoms with Crippen molar-refractivity contribution in [1.82, 2.24) is 9.62 Å². The van der Waals surface area contributed by atoms with E-state index in [2.05, 4.69) is 5.32 Å². The van der Waals surface area contributed by atoms with E-state index in [9.17, 15) is 12.8 Å². The minimum atomic E-state index is -3.72. The molecule has 1 saturated carbocycles. The Bertz CT molecular complexity index is 556. The number of nitrogens with zero attached hydrogens (tertiary/aromatic N) is 1. The first-order valence-electron chi connectivity index (χ1n) is 6.34. The van der Waals surface area contributed by atoms with Crippen LogP contribution in [0, 0.1) is 11.7 Å². The standard InChI is InChI=1S/C13H19FN2O2S/c1-15-8-11-5-6-13(12(14)7-11)19(17,18)16(2)9-10-3-4-10/h5-7,10,15H,3-4,8-9H2,1-2H3. The van der Waals surface area contributed by atoms with Gasteiger partial charge < -0.3 is 5.32 Å². The number of hydrogen-bond acceptors (Lipinski definition) is 3. The number of nitrogens with one attached hydrogen (secondary N) is 1. The summed E-state index contributed by atoms with van der Waals surface area (Å²) in [6.45, 7) is 0.981. The van der Waals surface area contributed by atoms with E-state index >= 15 is 0 Å². The summed E-state index contributed by atoms with van der Waals surface area (Å²) in [5.74, 6) is -0.248. The van der Waals surface area contributed by atoms with Gasteiger partial charge in [-0.25, -0.2) is 17.1 Å². The van der Waals surface area contributed by atoms with Gasteiger partial charge in [-0.15, -0.1) is 0 Å². The normalized spacial score (nSPS) is 16.0. The molecule has 0 saturated heterocycles. The molecule has 1 fully saturated rings. The zero-order chi connectivity index (χ0) is 14.0. The van der Waals surface area contributed by atoms with Crippen molar-refractivity contribution in [3.63, 3.8) is 0 Å². The van der Waals surface area contributed by atoms with Crippen LogP contribution in [0.3, 0.4) is 0 Å². The monoisotopic (exact) mass is 286 g/mol. The van der Waals surface area contributed by atoms with Crippen molar-refractivity contribution in [2.45, 2.75) is 24.3 Å². The van der Waals surface area contributed by atoms with E-state index in [1.54, 1.807) is 13.1 Å². The highest BCUT2D eigenvalue weighted by atomic mass is 32.2. The van der Waals surface area contributed by atoms with Crippen molar-refractivity contribution in [3.8, 4) is 0 Å². The van der Waals surface area contributed by atoms with E-state index in [0.29, 0.717) is 19.0 Å². The molecule has 6 heteroatoms. The molecular formula is C13H19FN2O2S. The maximum Gasteiger partial charge on any atom is 0.245 e. The minimum absolute atomic E-state index is 0.240. The predicted molar refractivity (Wildman–Crippen MR) is 71.7 cm³/mol. The van der Waals surface area contributed by atoms with Crippen molar-refractivity contribution in [2.24, 2.45) is 5.92 Å². The zero-order valence-electron chi connectivity index (χ0n) is 11.2. The first-order chi connectivity index (χ1) is 8.95. The lowest BCUT2D eigenvalue weighted by molar-refractivity contribution is 0.447. The van der Waals surface area contributed by atoms with Gasteiger partial charge >= 0.3 is 0 Å². The number of benzene rings is 1. The van der Waals surface area contributed by atoms with E-state index in [4.69, 9.17) is 0 Å². The van der Waals surface area contributed by atoms with Crippen LogP contribution in [-0.2, 0) is 16.6 Å². The predicted octanol–water partition coefficient (Wildman–Crippen LogP) is 1.58. The lowest BCUT2D eigenvalue weighted by Crippen LogP contribution is -2.29. The summed E-state index contributed by atoms with van der Waals surface area (Å²) in [6.07, 6.45) is 2.12. The first-order valence-corrected chi connectivity index (χ1v) is 7.78.